The number of aromatic amines is 1. The van der Waals surface area contributed by atoms with Gasteiger partial charge in [0.1, 0.15) is 5.76 Å². The second kappa shape index (κ2) is 6.71. The molecule has 1 atom stereocenters. The van der Waals surface area contributed by atoms with Gasteiger partial charge in [0.05, 0.1) is 10.2 Å². The van der Waals surface area contributed by atoms with Gasteiger partial charge in [-0.3, -0.25) is 14.3 Å². The van der Waals surface area contributed by atoms with Gasteiger partial charge in [-0.05, 0) is 22.6 Å². The lowest BCUT2D eigenvalue weighted by atomic mass is 10.4. The summed E-state index contributed by atoms with van der Waals surface area (Å²) >= 11 is 1.78. The van der Waals surface area contributed by atoms with E-state index in [1.807, 2.05) is 0 Å². The summed E-state index contributed by atoms with van der Waals surface area (Å²) in [4.78, 5) is 25.0. The minimum Gasteiger partial charge on any atom is -0.472 e. The molecule has 0 saturated carbocycles. The summed E-state index contributed by atoms with van der Waals surface area (Å²) in [6.45, 7) is 2.84. The van der Waals surface area contributed by atoms with Gasteiger partial charge in [-0.1, -0.05) is 6.58 Å². The van der Waals surface area contributed by atoms with Crippen molar-refractivity contribution in [2.24, 2.45) is 0 Å². The fourth-order valence-electron chi connectivity index (χ4n) is 1.27. The minimum absolute atomic E-state index is 0.0709. The summed E-state index contributed by atoms with van der Waals surface area (Å²) in [6.07, 6.45) is 0.626. The van der Waals surface area contributed by atoms with Gasteiger partial charge < -0.3 is 14.9 Å². The van der Waals surface area contributed by atoms with Crippen LogP contribution < -0.4 is 11.2 Å². The van der Waals surface area contributed by atoms with E-state index < -0.39 is 24.1 Å². The molecule has 7 nitrogen and oxygen atoms in total. The van der Waals surface area contributed by atoms with E-state index in [4.69, 9.17) is 14.9 Å². The lowest BCUT2D eigenvalue weighted by molar-refractivity contribution is 0.0164. The SMILES string of the molecule is C=C(CO)O[C@H](CCO)n1cc(I)c(=O)[nH]c1=O. The number of halogens is 1. The molecule has 0 saturated heterocycles. The maximum absolute atomic E-state index is 11.6. The molecule has 1 aromatic heterocycles. The number of H-pyrrole nitrogens is 1. The van der Waals surface area contributed by atoms with Crippen molar-refractivity contribution < 1.29 is 14.9 Å². The van der Waals surface area contributed by atoms with Crippen LogP contribution in [0.25, 0.3) is 0 Å². The van der Waals surface area contributed by atoms with Crippen molar-refractivity contribution in [2.45, 2.75) is 12.6 Å². The number of hydrogen-bond donors (Lipinski definition) is 3. The molecule has 0 fully saturated rings. The van der Waals surface area contributed by atoms with Gasteiger partial charge in [0.2, 0.25) is 0 Å². The van der Waals surface area contributed by atoms with E-state index in [-0.39, 0.29) is 18.8 Å². The molecule has 1 aromatic rings. The van der Waals surface area contributed by atoms with Gasteiger partial charge in [0.15, 0.2) is 6.23 Å². The largest absolute Gasteiger partial charge is 0.472 e. The molecule has 0 aromatic carbocycles. The van der Waals surface area contributed by atoms with E-state index in [9.17, 15) is 9.59 Å². The van der Waals surface area contributed by atoms with E-state index in [2.05, 4.69) is 11.6 Å². The molecule has 0 aliphatic rings. The zero-order chi connectivity index (χ0) is 13.7. The Morgan fingerprint density at radius 2 is 2.22 bits per heavy atom. The van der Waals surface area contributed by atoms with Gasteiger partial charge in [-0.25, -0.2) is 4.79 Å². The molecule has 0 spiro atoms. The average Bonchev–Trinajstić information content (AvgIpc) is 2.33. The highest BCUT2D eigenvalue weighted by Gasteiger charge is 2.15. The molecule has 0 amide bonds. The smallest absolute Gasteiger partial charge is 0.331 e. The molecule has 0 bridgehead atoms. The van der Waals surface area contributed by atoms with Gasteiger partial charge in [-0.2, -0.15) is 0 Å². The van der Waals surface area contributed by atoms with Crippen LogP contribution in [0.15, 0.2) is 28.1 Å². The maximum Gasteiger partial charge on any atom is 0.331 e. The number of hydrogen-bond acceptors (Lipinski definition) is 5. The number of aliphatic hydroxyl groups excluding tert-OH is 2. The zero-order valence-corrected chi connectivity index (χ0v) is 11.6. The van der Waals surface area contributed by atoms with E-state index in [1.165, 1.54) is 6.20 Å². The number of nitrogens with zero attached hydrogens (tertiary/aromatic N) is 1. The van der Waals surface area contributed by atoms with Crippen LogP contribution in [0, 0.1) is 3.57 Å². The highest BCUT2D eigenvalue weighted by Crippen LogP contribution is 2.14. The van der Waals surface area contributed by atoms with Crippen LogP contribution in [0.1, 0.15) is 12.6 Å². The number of ether oxygens (including phenoxy) is 1. The summed E-state index contributed by atoms with van der Waals surface area (Å²) in [6, 6.07) is 0. The normalized spacial score (nSPS) is 12.2. The Kier molecular flexibility index (Phi) is 5.56. The second-order valence-corrected chi connectivity index (χ2v) is 4.59. The standard InChI is InChI=1S/C10H13IN2O5/c1-6(5-15)18-8(2-3-14)13-4-7(11)9(16)12-10(13)17/h4,8,14-15H,1-3,5H2,(H,12,16,17)/t8-/m1/s1. The minimum atomic E-state index is -0.826. The molecule has 0 unspecified atom stereocenters. The van der Waals surface area contributed by atoms with Crippen LogP contribution in [0.2, 0.25) is 0 Å². The summed E-state index contributed by atoms with van der Waals surface area (Å²) in [5, 5.41) is 17.8. The molecule has 8 heteroatoms. The number of aliphatic hydroxyl groups is 2. The highest BCUT2D eigenvalue weighted by atomic mass is 127. The first kappa shape index (κ1) is 14.9. The van der Waals surface area contributed by atoms with Crippen LogP contribution in [-0.2, 0) is 4.74 Å². The third-order valence-corrected chi connectivity index (χ3v) is 2.86. The van der Waals surface area contributed by atoms with Crippen LogP contribution in [0.5, 0.6) is 0 Å². The van der Waals surface area contributed by atoms with Crippen LogP contribution in [-0.4, -0.2) is 33.0 Å². The Balaban J connectivity index is 3.13. The Hall–Kier alpha value is -1.13. The Morgan fingerprint density at radius 3 is 2.78 bits per heavy atom. The first-order valence-corrected chi connectivity index (χ1v) is 6.14. The molecular weight excluding hydrogens is 355 g/mol. The highest BCUT2D eigenvalue weighted by molar-refractivity contribution is 14.1. The first-order valence-electron chi connectivity index (χ1n) is 5.06. The molecule has 18 heavy (non-hydrogen) atoms. The summed E-state index contributed by atoms with van der Waals surface area (Å²) in [7, 11) is 0. The molecule has 0 aliphatic heterocycles. The Morgan fingerprint density at radius 1 is 1.56 bits per heavy atom. The first-order chi connectivity index (χ1) is 8.49. The van der Waals surface area contributed by atoms with Gasteiger partial charge in [-0.15, -0.1) is 0 Å². The topological polar surface area (TPSA) is 105 Å². The van der Waals surface area contributed by atoms with Crippen molar-refractivity contribution in [3.8, 4) is 0 Å². The third kappa shape index (κ3) is 3.68. The van der Waals surface area contributed by atoms with Crippen molar-refractivity contribution in [3.63, 3.8) is 0 Å². The maximum atomic E-state index is 11.6. The van der Waals surface area contributed by atoms with E-state index in [1.54, 1.807) is 22.6 Å². The Labute approximate surface area is 116 Å². The molecule has 0 aliphatic carbocycles. The fraction of sp³-hybridized carbons (Fsp3) is 0.400. The molecule has 0 radical (unpaired) electrons. The zero-order valence-electron chi connectivity index (χ0n) is 9.43. The van der Waals surface area contributed by atoms with Gasteiger partial charge in [0, 0.05) is 19.2 Å². The van der Waals surface area contributed by atoms with Crippen LogP contribution in [0.3, 0.4) is 0 Å². The number of rotatable bonds is 6. The molecule has 1 heterocycles. The van der Waals surface area contributed by atoms with E-state index in [0.717, 1.165) is 4.57 Å². The predicted molar refractivity (Wildman–Crippen MR) is 72.1 cm³/mol. The van der Waals surface area contributed by atoms with Gasteiger partial charge in [0.25, 0.3) is 5.56 Å². The monoisotopic (exact) mass is 368 g/mol. The number of aromatic nitrogens is 2. The molecule has 3 N–H and O–H groups in total. The van der Waals surface area contributed by atoms with E-state index in [0.29, 0.717) is 3.57 Å². The quantitative estimate of drug-likeness (QED) is 0.466. The third-order valence-electron chi connectivity index (χ3n) is 2.09. The van der Waals surface area contributed by atoms with Crippen LogP contribution in [0.4, 0.5) is 0 Å². The Bertz CT molecular complexity index is 536. The molecule has 100 valence electrons. The summed E-state index contributed by atoms with van der Waals surface area (Å²) in [5.41, 5.74) is -1.13. The van der Waals surface area contributed by atoms with Crippen molar-refractivity contribution >= 4 is 22.6 Å². The van der Waals surface area contributed by atoms with Crippen molar-refractivity contribution in [2.75, 3.05) is 13.2 Å². The van der Waals surface area contributed by atoms with Gasteiger partial charge >= 0.3 is 5.69 Å². The lowest BCUT2D eigenvalue weighted by Gasteiger charge is -2.20. The fourth-order valence-corrected chi connectivity index (χ4v) is 1.70. The van der Waals surface area contributed by atoms with E-state index >= 15 is 0 Å². The van der Waals surface area contributed by atoms with Crippen molar-refractivity contribution in [1.82, 2.24) is 9.55 Å². The van der Waals surface area contributed by atoms with Crippen LogP contribution >= 0.6 is 22.6 Å². The summed E-state index contributed by atoms with van der Waals surface area (Å²) in [5.74, 6) is 0.0709. The van der Waals surface area contributed by atoms with Crippen molar-refractivity contribution in [1.29, 1.82) is 0 Å². The molecule has 1 rings (SSSR count). The average molecular weight is 368 g/mol. The summed E-state index contributed by atoms with van der Waals surface area (Å²) < 4.78 is 6.69. The lowest BCUT2D eigenvalue weighted by Crippen LogP contribution is -2.34. The van der Waals surface area contributed by atoms with Crippen molar-refractivity contribution in [3.05, 3.63) is 42.9 Å². The number of nitrogens with one attached hydrogen (secondary N) is 1. The predicted octanol–water partition coefficient (Wildman–Crippen LogP) is -0.455. The second-order valence-electron chi connectivity index (χ2n) is 3.43. The molecular formula is C10H13IN2O5.